The molecule has 4 heteroatoms. The van der Waals surface area contributed by atoms with Crippen molar-refractivity contribution in [1.82, 2.24) is 0 Å². The van der Waals surface area contributed by atoms with E-state index in [1.165, 1.54) is 0 Å². The van der Waals surface area contributed by atoms with E-state index in [4.69, 9.17) is 19.3 Å². The Balaban J connectivity index is 1.97. The highest BCUT2D eigenvalue weighted by atomic mass is 16.7. The average molecular weight is 224 g/mol. The van der Waals surface area contributed by atoms with Gasteiger partial charge < -0.3 is 19.3 Å². The van der Waals surface area contributed by atoms with Crippen LogP contribution in [0.5, 0.6) is 5.75 Å². The Labute approximate surface area is 94.8 Å². The standard InChI is InChI=1S/C12H16O4/c1-14-10-4-2-9(3-5-10)12-15-8-11(16-12)6-7-13/h2-5,11-13H,6-8H2,1H3. The van der Waals surface area contributed by atoms with Crippen LogP contribution >= 0.6 is 0 Å². The van der Waals surface area contributed by atoms with Gasteiger partial charge in [0.1, 0.15) is 5.75 Å². The van der Waals surface area contributed by atoms with Gasteiger partial charge in [-0.05, 0) is 18.6 Å². The lowest BCUT2D eigenvalue weighted by Crippen LogP contribution is -2.11. The van der Waals surface area contributed by atoms with Crippen molar-refractivity contribution >= 4 is 0 Å². The predicted molar refractivity (Wildman–Crippen MR) is 58.3 cm³/mol. The van der Waals surface area contributed by atoms with Gasteiger partial charge in [0.05, 0.1) is 19.8 Å². The molecule has 0 radical (unpaired) electrons. The lowest BCUT2D eigenvalue weighted by molar-refractivity contribution is -0.0627. The molecule has 4 nitrogen and oxygen atoms in total. The fourth-order valence-corrected chi connectivity index (χ4v) is 1.68. The number of aliphatic hydroxyl groups excluding tert-OH is 1. The maximum Gasteiger partial charge on any atom is 0.184 e. The maximum absolute atomic E-state index is 8.80. The Morgan fingerprint density at radius 2 is 2.12 bits per heavy atom. The van der Waals surface area contributed by atoms with Gasteiger partial charge in [0, 0.05) is 12.2 Å². The first kappa shape index (κ1) is 11.4. The topological polar surface area (TPSA) is 47.9 Å². The summed E-state index contributed by atoms with van der Waals surface area (Å²) in [5.41, 5.74) is 0.973. The first-order valence-electron chi connectivity index (χ1n) is 5.35. The molecule has 1 heterocycles. The Hall–Kier alpha value is -1.10. The van der Waals surface area contributed by atoms with Gasteiger partial charge >= 0.3 is 0 Å². The minimum Gasteiger partial charge on any atom is -0.497 e. The molecule has 0 aliphatic carbocycles. The second-order valence-corrected chi connectivity index (χ2v) is 3.71. The molecule has 1 N–H and O–H groups in total. The first-order valence-corrected chi connectivity index (χ1v) is 5.35. The number of methoxy groups -OCH3 is 1. The molecule has 1 aromatic rings. The number of hydrogen-bond acceptors (Lipinski definition) is 4. The molecular weight excluding hydrogens is 208 g/mol. The smallest absolute Gasteiger partial charge is 0.184 e. The lowest BCUT2D eigenvalue weighted by Gasteiger charge is -2.11. The van der Waals surface area contributed by atoms with E-state index in [-0.39, 0.29) is 19.0 Å². The van der Waals surface area contributed by atoms with Crippen molar-refractivity contribution in [2.24, 2.45) is 0 Å². The van der Waals surface area contributed by atoms with E-state index in [1.54, 1.807) is 7.11 Å². The molecular formula is C12H16O4. The minimum atomic E-state index is -0.317. The molecule has 2 atom stereocenters. The van der Waals surface area contributed by atoms with E-state index >= 15 is 0 Å². The highest BCUT2D eigenvalue weighted by molar-refractivity contribution is 5.28. The summed E-state index contributed by atoms with van der Waals surface area (Å²) in [6, 6.07) is 7.60. The Morgan fingerprint density at radius 1 is 1.38 bits per heavy atom. The van der Waals surface area contributed by atoms with Crippen LogP contribution in [0.25, 0.3) is 0 Å². The SMILES string of the molecule is COc1ccc(C2OCC(CCO)O2)cc1. The zero-order chi connectivity index (χ0) is 11.4. The van der Waals surface area contributed by atoms with E-state index in [0.29, 0.717) is 13.0 Å². The summed E-state index contributed by atoms with van der Waals surface area (Å²) in [7, 11) is 1.63. The van der Waals surface area contributed by atoms with E-state index < -0.39 is 0 Å². The third-order valence-corrected chi connectivity index (χ3v) is 2.59. The van der Waals surface area contributed by atoms with Gasteiger partial charge in [-0.1, -0.05) is 12.1 Å². The minimum absolute atomic E-state index is 0.00268. The van der Waals surface area contributed by atoms with Crippen molar-refractivity contribution in [3.05, 3.63) is 29.8 Å². The molecule has 0 saturated carbocycles. The van der Waals surface area contributed by atoms with Crippen molar-refractivity contribution < 1.29 is 19.3 Å². The largest absolute Gasteiger partial charge is 0.497 e. The highest BCUT2D eigenvalue weighted by Gasteiger charge is 2.26. The van der Waals surface area contributed by atoms with Crippen molar-refractivity contribution in [3.8, 4) is 5.75 Å². The van der Waals surface area contributed by atoms with Crippen LogP contribution in [0.1, 0.15) is 18.3 Å². The summed E-state index contributed by atoms with van der Waals surface area (Å²) in [6.45, 7) is 0.667. The number of rotatable bonds is 4. The first-order chi connectivity index (χ1) is 7.83. The maximum atomic E-state index is 8.80. The van der Waals surface area contributed by atoms with Crippen LogP contribution in [-0.2, 0) is 9.47 Å². The average Bonchev–Trinajstić information content (AvgIpc) is 2.78. The third kappa shape index (κ3) is 2.52. The molecule has 2 unspecified atom stereocenters. The Kier molecular flexibility index (Phi) is 3.77. The number of benzene rings is 1. The van der Waals surface area contributed by atoms with Crippen LogP contribution in [0.15, 0.2) is 24.3 Å². The summed E-state index contributed by atoms with van der Waals surface area (Å²) in [4.78, 5) is 0. The van der Waals surface area contributed by atoms with Gasteiger partial charge in [0.2, 0.25) is 0 Å². The highest BCUT2D eigenvalue weighted by Crippen LogP contribution is 2.28. The van der Waals surface area contributed by atoms with Gasteiger partial charge in [-0.3, -0.25) is 0 Å². The molecule has 0 aromatic heterocycles. The van der Waals surface area contributed by atoms with Gasteiger partial charge in [-0.2, -0.15) is 0 Å². The zero-order valence-corrected chi connectivity index (χ0v) is 9.26. The normalized spacial score (nSPS) is 24.6. The molecule has 88 valence electrons. The monoisotopic (exact) mass is 224 g/mol. The molecule has 0 amide bonds. The second kappa shape index (κ2) is 5.30. The lowest BCUT2D eigenvalue weighted by atomic mass is 10.2. The van der Waals surface area contributed by atoms with E-state index in [0.717, 1.165) is 11.3 Å². The molecule has 2 rings (SSSR count). The fraction of sp³-hybridized carbons (Fsp3) is 0.500. The zero-order valence-electron chi connectivity index (χ0n) is 9.26. The van der Waals surface area contributed by atoms with Gasteiger partial charge in [0.25, 0.3) is 0 Å². The molecule has 1 aliphatic heterocycles. The Bertz CT molecular complexity index is 322. The third-order valence-electron chi connectivity index (χ3n) is 2.59. The van der Waals surface area contributed by atoms with Gasteiger partial charge in [-0.15, -0.1) is 0 Å². The molecule has 16 heavy (non-hydrogen) atoms. The van der Waals surface area contributed by atoms with Crippen LogP contribution in [0.2, 0.25) is 0 Å². The summed E-state index contributed by atoms with van der Waals surface area (Å²) in [6.07, 6.45) is 0.298. The van der Waals surface area contributed by atoms with Crippen molar-refractivity contribution in [3.63, 3.8) is 0 Å². The summed E-state index contributed by atoms with van der Waals surface area (Å²) in [5, 5.41) is 8.80. The summed E-state index contributed by atoms with van der Waals surface area (Å²) < 4.78 is 16.2. The van der Waals surface area contributed by atoms with Crippen molar-refractivity contribution in [2.75, 3.05) is 20.3 Å². The van der Waals surface area contributed by atoms with Crippen LogP contribution in [0.3, 0.4) is 0 Å². The molecule has 1 fully saturated rings. The quantitative estimate of drug-likeness (QED) is 0.841. The number of ether oxygens (including phenoxy) is 3. The van der Waals surface area contributed by atoms with Gasteiger partial charge in [0.15, 0.2) is 6.29 Å². The molecule has 1 aromatic carbocycles. The molecule has 1 saturated heterocycles. The van der Waals surface area contributed by atoms with Crippen LogP contribution in [0, 0.1) is 0 Å². The number of aliphatic hydroxyl groups is 1. The van der Waals surface area contributed by atoms with Gasteiger partial charge in [-0.25, -0.2) is 0 Å². The van der Waals surface area contributed by atoms with E-state index in [2.05, 4.69) is 0 Å². The van der Waals surface area contributed by atoms with Crippen molar-refractivity contribution in [1.29, 1.82) is 0 Å². The Morgan fingerprint density at radius 3 is 2.75 bits per heavy atom. The molecule has 0 bridgehead atoms. The fourth-order valence-electron chi connectivity index (χ4n) is 1.68. The molecule has 0 spiro atoms. The van der Waals surface area contributed by atoms with E-state index in [9.17, 15) is 0 Å². The van der Waals surface area contributed by atoms with Crippen LogP contribution in [-0.4, -0.2) is 31.5 Å². The molecule has 1 aliphatic rings. The van der Waals surface area contributed by atoms with E-state index in [1.807, 2.05) is 24.3 Å². The summed E-state index contributed by atoms with van der Waals surface area (Å²) in [5.74, 6) is 0.814. The van der Waals surface area contributed by atoms with Crippen LogP contribution in [0.4, 0.5) is 0 Å². The summed E-state index contributed by atoms with van der Waals surface area (Å²) >= 11 is 0. The number of hydrogen-bond donors (Lipinski definition) is 1. The van der Waals surface area contributed by atoms with Crippen molar-refractivity contribution in [2.45, 2.75) is 18.8 Å². The second-order valence-electron chi connectivity index (χ2n) is 3.71. The van der Waals surface area contributed by atoms with Crippen LogP contribution < -0.4 is 4.74 Å². The predicted octanol–water partition coefficient (Wildman–Crippen LogP) is 1.49.